The molecule has 2 N–H and O–H groups in total. The molecular weight excluding hydrogens is 132 g/mol. The molecule has 0 radical (unpaired) electrons. The van der Waals surface area contributed by atoms with E-state index < -0.39 is 0 Å². The fourth-order valence-electron chi connectivity index (χ4n) is 1.22. The third-order valence-electron chi connectivity index (χ3n) is 1.67. The summed E-state index contributed by atoms with van der Waals surface area (Å²) < 4.78 is 4.21. The van der Waals surface area contributed by atoms with Gasteiger partial charge >= 0.3 is 0 Å². The van der Waals surface area contributed by atoms with Crippen molar-refractivity contribution in [2.75, 3.05) is 0 Å². The van der Waals surface area contributed by atoms with E-state index in [1.807, 2.05) is 0 Å². The summed E-state index contributed by atoms with van der Waals surface area (Å²) in [6.07, 6.45) is 2.02. The Morgan fingerprint density at radius 3 is 3.33 bits per heavy atom. The summed E-state index contributed by atoms with van der Waals surface area (Å²) in [7, 11) is 0. The van der Waals surface area contributed by atoms with Gasteiger partial charge in [0.05, 0.1) is 5.69 Å². The number of nitrogens with zero attached hydrogens (tertiary/aromatic N) is 1. The second-order valence-corrected chi connectivity index (χ2v) is 3.08. The van der Waals surface area contributed by atoms with E-state index >= 15 is 0 Å². The van der Waals surface area contributed by atoms with Crippen molar-refractivity contribution in [2.24, 2.45) is 5.73 Å². The number of hydrogen-bond donors (Lipinski definition) is 1. The zero-order chi connectivity index (χ0) is 6.27. The molecule has 9 heavy (non-hydrogen) atoms. The summed E-state index contributed by atoms with van der Waals surface area (Å²) in [4.78, 5) is 0. The van der Waals surface area contributed by atoms with Crippen LogP contribution in [0.4, 0.5) is 0 Å². The fourth-order valence-corrected chi connectivity index (χ4v) is 1.95. The van der Waals surface area contributed by atoms with E-state index in [2.05, 4.69) is 9.75 Å². The van der Waals surface area contributed by atoms with Crippen molar-refractivity contribution in [3.8, 4) is 0 Å². The van der Waals surface area contributed by atoms with Crippen molar-refractivity contribution in [1.29, 1.82) is 0 Å². The van der Waals surface area contributed by atoms with Crippen LogP contribution in [0, 0.1) is 0 Å². The Balaban J connectivity index is 2.39. The topological polar surface area (TPSA) is 38.9 Å². The second kappa shape index (κ2) is 1.78. The van der Waals surface area contributed by atoms with Gasteiger partial charge in [-0.05, 0) is 23.5 Å². The first-order valence-electron chi connectivity index (χ1n) is 3.04. The van der Waals surface area contributed by atoms with Crippen molar-refractivity contribution >= 4 is 11.5 Å². The normalized spacial score (nSPS) is 24.3. The van der Waals surface area contributed by atoms with Crippen molar-refractivity contribution in [3.05, 3.63) is 16.6 Å². The highest BCUT2D eigenvalue weighted by molar-refractivity contribution is 7.03. The number of rotatable bonds is 0. The smallest absolute Gasteiger partial charge is 0.0590 e. The molecule has 0 bridgehead atoms. The summed E-state index contributed by atoms with van der Waals surface area (Å²) in [6, 6.07) is 0.343. The van der Waals surface area contributed by atoms with Crippen LogP contribution in [0.25, 0.3) is 0 Å². The van der Waals surface area contributed by atoms with Crippen LogP contribution < -0.4 is 5.73 Å². The molecule has 0 amide bonds. The summed E-state index contributed by atoms with van der Waals surface area (Å²) in [5.74, 6) is 0. The van der Waals surface area contributed by atoms with Gasteiger partial charge in [-0.25, -0.2) is 0 Å². The molecule has 2 nitrogen and oxygen atoms in total. The van der Waals surface area contributed by atoms with Gasteiger partial charge in [0, 0.05) is 17.8 Å². The van der Waals surface area contributed by atoms with E-state index in [0.29, 0.717) is 6.04 Å². The highest BCUT2D eigenvalue weighted by Gasteiger charge is 2.19. The average Bonchev–Trinajstić information content (AvgIpc) is 2.22. The Kier molecular flexibility index (Phi) is 1.07. The predicted molar refractivity (Wildman–Crippen MR) is 37.5 cm³/mol. The molecule has 0 aliphatic heterocycles. The first-order chi connectivity index (χ1) is 4.36. The minimum absolute atomic E-state index is 0.343. The maximum absolute atomic E-state index is 5.69. The van der Waals surface area contributed by atoms with Crippen LogP contribution in [-0.2, 0) is 12.8 Å². The molecule has 1 aromatic rings. The number of aromatic nitrogens is 1. The largest absolute Gasteiger partial charge is 0.327 e. The third-order valence-corrected chi connectivity index (χ3v) is 2.38. The first-order valence-corrected chi connectivity index (χ1v) is 3.87. The molecule has 0 spiro atoms. The van der Waals surface area contributed by atoms with Gasteiger partial charge < -0.3 is 5.73 Å². The van der Waals surface area contributed by atoms with Crippen LogP contribution in [0.5, 0.6) is 0 Å². The van der Waals surface area contributed by atoms with Gasteiger partial charge in [0.1, 0.15) is 0 Å². The lowest BCUT2D eigenvalue weighted by Crippen LogP contribution is -2.19. The van der Waals surface area contributed by atoms with Crippen molar-refractivity contribution in [1.82, 2.24) is 4.37 Å². The molecular formula is C6H8N2S. The molecule has 1 atom stereocenters. The molecule has 1 aliphatic rings. The number of nitrogens with two attached hydrogens (primary N) is 1. The lowest BCUT2D eigenvalue weighted by atomic mass is 10.2. The molecule has 1 heterocycles. The Morgan fingerprint density at radius 1 is 1.67 bits per heavy atom. The predicted octanol–water partition coefficient (Wildman–Crippen LogP) is 0.569. The molecule has 0 saturated carbocycles. The minimum Gasteiger partial charge on any atom is -0.327 e. The molecule has 0 aromatic carbocycles. The highest BCUT2D eigenvalue weighted by atomic mass is 32.1. The van der Waals surface area contributed by atoms with Crippen molar-refractivity contribution in [2.45, 2.75) is 18.9 Å². The Labute approximate surface area is 57.9 Å². The Morgan fingerprint density at radius 2 is 2.56 bits per heavy atom. The van der Waals surface area contributed by atoms with Gasteiger partial charge in [-0.3, -0.25) is 0 Å². The van der Waals surface area contributed by atoms with Gasteiger partial charge in [0.15, 0.2) is 0 Å². The van der Waals surface area contributed by atoms with Gasteiger partial charge in [-0.15, -0.1) is 0 Å². The standard InChI is InChI=1S/C6H8N2S/c7-5-1-4-3-9-8-6(4)2-5/h3,5H,1-2,7H2. The van der Waals surface area contributed by atoms with Crippen molar-refractivity contribution < 1.29 is 0 Å². The highest BCUT2D eigenvalue weighted by Crippen LogP contribution is 2.20. The molecule has 3 heteroatoms. The molecule has 48 valence electrons. The van der Waals surface area contributed by atoms with E-state index in [1.165, 1.54) is 22.8 Å². The van der Waals surface area contributed by atoms with E-state index in [4.69, 9.17) is 5.73 Å². The van der Waals surface area contributed by atoms with Crippen LogP contribution in [0.2, 0.25) is 0 Å². The summed E-state index contributed by atoms with van der Waals surface area (Å²) in [5, 5.41) is 2.10. The quantitative estimate of drug-likeness (QED) is 0.572. The molecule has 0 fully saturated rings. The molecule has 0 saturated heterocycles. The lowest BCUT2D eigenvalue weighted by Gasteiger charge is -1.94. The lowest BCUT2D eigenvalue weighted by molar-refractivity contribution is 0.716. The molecule has 2 rings (SSSR count). The Hall–Kier alpha value is -0.410. The molecule has 1 unspecified atom stereocenters. The SMILES string of the molecule is NC1Cc2csnc2C1. The van der Waals surface area contributed by atoms with E-state index in [-0.39, 0.29) is 0 Å². The van der Waals surface area contributed by atoms with Crippen molar-refractivity contribution in [3.63, 3.8) is 0 Å². The van der Waals surface area contributed by atoms with Gasteiger partial charge in [0.25, 0.3) is 0 Å². The van der Waals surface area contributed by atoms with Crippen LogP contribution >= 0.6 is 11.5 Å². The van der Waals surface area contributed by atoms with E-state index in [0.717, 1.165) is 12.8 Å². The van der Waals surface area contributed by atoms with E-state index in [9.17, 15) is 0 Å². The van der Waals surface area contributed by atoms with Gasteiger partial charge in [0.2, 0.25) is 0 Å². The van der Waals surface area contributed by atoms with Crippen LogP contribution in [0.15, 0.2) is 5.38 Å². The van der Waals surface area contributed by atoms with Crippen LogP contribution in [-0.4, -0.2) is 10.4 Å². The average molecular weight is 140 g/mol. The fraction of sp³-hybridized carbons (Fsp3) is 0.500. The van der Waals surface area contributed by atoms with Crippen LogP contribution in [0.3, 0.4) is 0 Å². The molecule has 1 aromatic heterocycles. The van der Waals surface area contributed by atoms with Gasteiger partial charge in [-0.1, -0.05) is 0 Å². The summed E-state index contributed by atoms with van der Waals surface area (Å²) in [6.45, 7) is 0. The zero-order valence-corrected chi connectivity index (χ0v) is 5.82. The van der Waals surface area contributed by atoms with E-state index in [1.54, 1.807) is 0 Å². The van der Waals surface area contributed by atoms with Crippen LogP contribution in [0.1, 0.15) is 11.3 Å². The zero-order valence-electron chi connectivity index (χ0n) is 5.00. The number of fused-ring (bicyclic) bond motifs is 1. The first kappa shape index (κ1) is 5.38. The van der Waals surface area contributed by atoms with Gasteiger partial charge in [-0.2, -0.15) is 4.37 Å². The second-order valence-electron chi connectivity index (χ2n) is 2.45. The summed E-state index contributed by atoms with van der Waals surface area (Å²) >= 11 is 1.54. The minimum atomic E-state index is 0.343. The Bertz CT molecular complexity index is 198. The summed E-state index contributed by atoms with van der Waals surface area (Å²) in [5.41, 5.74) is 8.29. The third kappa shape index (κ3) is 0.767. The maximum Gasteiger partial charge on any atom is 0.0590 e. The molecule has 1 aliphatic carbocycles. The number of hydrogen-bond acceptors (Lipinski definition) is 3. The maximum atomic E-state index is 5.69. The monoisotopic (exact) mass is 140 g/mol.